The van der Waals surface area contributed by atoms with Gasteiger partial charge >= 0.3 is 0 Å². The zero-order valence-corrected chi connectivity index (χ0v) is 16.9. The maximum absolute atomic E-state index is 10.4. The van der Waals surface area contributed by atoms with Gasteiger partial charge in [-0.25, -0.2) is 0 Å². The summed E-state index contributed by atoms with van der Waals surface area (Å²) in [5.74, 6) is 6.13. The van der Waals surface area contributed by atoms with E-state index in [2.05, 4.69) is 11.8 Å². The SMILES string of the molecule is CCC#Cc1ccc(Cc2cc([C@@H]3O[C@H](CO)[C@@H](O)C(O)[C@H]3O)ccc2Cl)cc1. The van der Waals surface area contributed by atoms with Gasteiger partial charge in [-0.15, -0.1) is 0 Å². The second-order valence-electron chi connectivity index (χ2n) is 7.13. The zero-order valence-electron chi connectivity index (χ0n) is 16.1. The molecule has 0 spiro atoms. The lowest BCUT2D eigenvalue weighted by atomic mass is 9.90. The van der Waals surface area contributed by atoms with Crippen LogP contribution >= 0.6 is 11.6 Å². The molecule has 5 atom stereocenters. The molecule has 1 fully saturated rings. The van der Waals surface area contributed by atoms with E-state index in [-0.39, 0.29) is 0 Å². The summed E-state index contributed by atoms with van der Waals surface area (Å²) in [5.41, 5.74) is 3.47. The minimum absolute atomic E-state index is 0.463. The minimum atomic E-state index is -1.41. The monoisotopic (exact) mass is 416 g/mol. The van der Waals surface area contributed by atoms with E-state index in [1.807, 2.05) is 37.3 Å². The van der Waals surface area contributed by atoms with Crippen LogP contribution in [0.15, 0.2) is 42.5 Å². The lowest BCUT2D eigenvalue weighted by Crippen LogP contribution is -2.55. The lowest BCUT2D eigenvalue weighted by Gasteiger charge is -2.40. The van der Waals surface area contributed by atoms with Crippen LogP contribution in [0.1, 0.15) is 41.7 Å². The normalized spacial score (nSPS) is 26.6. The van der Waals surface area contributed by atoms with Gasteiger partial charge in [-0.3, -0.25) is 0 Å². The van der Waals surface area contributed by atoms with Crippen LogP contribution in [0.25, 0.3) is 0 Å². The van der Waals surface area contributed by atoms with Gasteiger partial charge in [0.2, 0.25) is 0 Å². The smallest absolute Gasteiger partial charge is 0.113 e. The highest BCUT2D eigenvalue weighted by atomic mass is 35.5. The van der Waals surface area contributed by atoms with E-state index in [0.29, 0.717) is 17.0 Å². The molecule has 1 unspecified atom stereocenters. The molecule has 5 nitrogen and oxygen atoms in total. The quantitative estimate of drug-likeness (QED) is 0.574. The fraction of sp³-hybridized carbons (Fsp3) is 0.391. The fourth-order valence-corrected chi connectivity index (χ4v) is 3.58. The molecule has 1 saturated heterocycles. The molecule has 6 heteroatoms. The molecule has 2 aromatic carbocycles. The van der Waals surface area contributed by atoms with E-state index >= 15 is 0 Å². The highest BCUT2D eigenvalue weighted by Gasteiger charge is 2.43. The molecule has 1 heterocycles. The highest BCUT2D eigenvalue weighted by molar-refractivity contribution is 6.31. The van der Waals surface area contributed by atoms with Crippen molar-refractivity contribution in [1.29, 1.82) is 0 Å². The molecular weight excluding hydrogens is 392 g/mol. The minimum Gasteiger partial charge on any atom is -0.394 e. The second-order valence-corrected chi connectivity index (χ2v) is 7.54. The first kappa shape index (κ1) is 21.8. The van der Waals surface area contributed by atoms with Crippen molar-refractivity contribution in [2.24, 2.45) is 0 Å². The zero-order chi connectivity index (χ0) is 21.0. The van der Waals surface area contributed by atoms with E-state index < -0.39 is 37.1 Å². The van der Waals surface area contributed by atoms with Crippen LogP contribution in [0.2, 0.25) is 5.02 Å². The summed E-state index contributed by atoms with van der Waals surface area (Å²) in [6.45, 7) is 1.54. The Morgan fingerprint density at radius 2 is 1.72 bits per heavy atom. The standard InChI is InChI=1S/C23H25ClO5/c1-2-3-4-14-5-7-15(8-6-14)11-17-12-16(9-10-18(17)24)23-22(28)21(27)20(26)19(13-25)29-23/h5-10,12,19-23,25-28H,2,11,13H2,1H3/t19-,20-,21?,22-,23+/m1/s1. The number of aliphatic hydroxyl groups excluding tert-OH is 4. The first-order valence-corrected chi connectivity index (χ1v) is 9.99. The molecule has 29 heavy (non-hydrogen) atoms. The Morgan fingerprint density at radius 1 is 1.00 bits per heavy atom. The predicted octanol–water partition coefficient (Wildman–Crippen LogP) is 2.21. The number of halogens is 1. The Hall–Kier alpha value is -1.91. The van der Waals surface area contributed by atoms with Gasteiger partial charge in [-0.05, 0) is 41.3 Å². The maximum atomic E-state index is 10.4. The summed E-state index contributed by atoms with van der Waals surface area (Å²) in [5, 5.41) is 40.3. The van der Waals surface area contributed by atoms with Gasteiger partial charge in [0.1, 0.15) is 30.5 Å². The third-order valence-electron chi connectivity index (χ3n) is 5.05. The molecule has 0 radical (unpaired) electrons. The lowest BCUT2D eigenvalue weighted by molar-refractivity contribution is -0.231. The maximum Gasteiger partial charge on any atom is 0.113 e. The molecule has 0 aliphatic carbocycles. The molecule has 2 aromatic rings. The van der Waals surface area contributed by atoms with Gasteiger partial charge in [0, 0.05) is 17.0 Å². The van der Waals surface area contributed by atoms with Crippen LogP contribution in [0.3, 0.4) is 0 Å². The fourth-order valence-electron chi connectivity index (χ4n) is 3.40. The molecule has 4 N–H and O–H groups in total. The number of hydrogen-bond donors (Lipinski definition) is 4. The molecule has 0 saturated carbocycles. The Morgan fingerprint density at radius 3 is 2.38 bits per heavy atom. The molecule has 0 bridgehead atoms. The Bertz CT molecular complexity index is 884. The summed E-state index contributed by atoms with van der Waals surface area (Å²) in [7, 11) is 0. The molecular formula is C23H25ClO5. The Labute approximate surface area is 175 Å². The Kier molecular flexibility index (Phi) is 7.31. The highest BCUT2D eigenvalue weighted by Crippen LogP contribution is 2.34. The van der Waals surface area contributed by atoms with E-state index in [4.69, 9.17) is 16.3 Å². The van der Waals surface area contributed by atoms with Crippen molar-refractivity contribution < 1.29 is 25.2 Å². The topological polar surface area (TPSA) is 90.2 Å². The van der Waals surface area contributed by atoms with Crippen LogP contribution in [0.4, 0.5) is 0 Å². The third-order valence-corrected chi connectivity index (χ3v) is 5.42. The van der Waals surface area contributed by atoms with Crippen molar-refractivity contribution in [3.8, 4) is 11.8 Å². The van der Waals surface area contributed by atoms with Crippen molar-refractivity contribution in [1.82, 2.24) is 0 Å². The Balaban J connectivity index is 1.82. The largest absolute Gasteiger partial charge is 0.394 e. The van der Waals surface area contributed by atoms with Crippen molar-refractivity contribution in [3.63, 3.8) is 0 Å². The molecule has 0 amide bonds. The first-order chi connectivity index (χ1) is 13.9. The van der Waals surface area contributed by atoms with Gasteiger partial charge in [0.15, 0.2) is 0 Å². The summed E-state index contributed by atoms with van der Waals surface area (Å²) in [4.78, 5) is 0. The number of hydrogen-bond acceptors (Lipinski definition) is 5. The molecule has 1 aliphatic rings. The van der Waals surface area contributed by atoms with Gasteiger partial charge in [-0.1, -0.05) is 54.6 Å². The average molecular weight is 417 g/mol. The van der Waals surface area contributed by atoms with Crippen LogP contribution in [0.5, 0.6) is 0 Å². The summed E-state index contributed by atoms with van der Waals surface area (Å²) < 4.78 is 5.65. The van der Waals surface area contributed by atoms with Crippen molar-refractivity contribution in [2.45, 2.75) is 50.3 Å². The van der Waals surface area contributed by atoms with Crippen LogP contribution in [0, 0.1) is 11.8 Å². The van der Waals surface area contributed by atoms with Gasteiger partial charge in [0.05, 0.1) is 6.61 Å². The van der Waals surface area contributed by atoms with Crippen molar-refractivity contribution >= 4 is 11.6 Å². The van der Waals surface area contributed by atoms with Gasteiger partial charge in [0.25, 0.3) is 0 Å². The average Bonchev–Trinajstić information content (AvgIpc) is 2.73. The summed E-state index contributed by atoms with van der Waals surface area (Å²) in [6.07, 6.45) is -4.57. The summed E-state index contributed by atoms with van der Waals surface area (Å²) >= 11 is 6.37. The van der Waals surface area contributed by atoms with Gasteiger partial charge in [-0.2, -0.15) is 0 Å². The van der Waals surface area contributed by atoms with Crippen molar-refractivity contribution in [2.75, 3.05) is 6.61 Å². The molecule has 3 rings (SSSR count). The third kappa shape index (κ3) is 4.99. The van der Waals surface area contributed by atoms with E-state index in [0.717, 1.165) is 23.1 Å². The van der Waals surface area contributed by atoms with Crippen LogP contribution in [-0.2, 0) is 11.2 Å². The predicted molar refractivity (Wildman–Crippen MR) is 111 cm³/mol. The number of benzene rings is 2. The molecule has 0 aromatic heterocycles. The van der Waals surface area contributed by atoms with Crippen molar-refractivity contribution in [3.05, 3.63) is 69.7 Å². The number of ether oxygens (including phenoxy) is 1. The molecule has 1 aliphatic heterocycles. The van der Waals surface area contributed by atoms with Crippen LogP contribution < -0.4 is 0 Å². The van der Waals surface area contributed by atoms with Gasteiger partial charge < -0.3 is 25.2 Å². The second kappa shape index (κ2) is 9.73. The van der Waals surface area contributed by atoms with Crippen LogP contribution in [-0.4, -0.2) is 51.4 Å². The first-order valence-electron chi connectivity index (χ1n) is 9.61. The van der Waals surface area contributed by atoms with E-state index in [1.54, 1.807) is 12.1 Å². The number of rotatable bonds is 4. The number of aliphatic hydroxyl groups is 4. The molecule has 154 valence electrons. The van der Waals surface area contributed by atoms with E-state index in [1.165, 1.54) is 0 Å². The summed E-state index contributed by atoms with van der Waals surface area (Å²) in [6, 6.07) is 13.2. The van der Waals surface area contributed by atoms with E-state index in [9.17, 15) is 20.4 Å².